The van der Waals surface area contributed by atoms with Gasteiger partial charge >= 0.3 is 0 Å². The molecule has 0 radical (unpaired) electrons. The van der Waals surface area contributed by atoms with Gasteiger partial charge in [-0.3, -0.25) is 0 Å². The van der Waals surface area contributed by atoms with Crippen molar-refractivity contribution >= 4 is 31.5 Å². The van der Waals surface area contributed by atoms with Crippen molar-refractivity contribution in [2.45, 2.75) is 121 Å². The van der Waals surface area contributed by atoms with E-state index in [2.05, 4.69) is 56.6 Å². The Labute approximate surface area is 311 Å². The molecule has 288 valence electrons. The van der Waals surface area contributed by atoms with Crippen LogP contribution in [0.25, 0.3) is 0 Å². The van der Waals surface area contributed by atoms with Crippen LogP contribution in [0.4, 0.5) is 0 Å². The first kappa shape index (κ1) is 40.3. The number of nitrogens with one attached hydrogen (secondary N) is 1. The van der Waals surface area contributed by atoms with E-state index >= 15 is 0 Å². The van der Waals surface area contributed by atoms with E-state index in [1.54, 1.807) is 10.4 Å². The lowest BCUT2D eigenvalue weighted by molar-refractivity contribution is 0.133. The maximum atomic E-state index is 14.6. The molecule has 0 saturated heterocycles. The zero-order valence-corrected chi connectivity index (χ0v) is 33.8. The van der Waals surface area contributed by atoms with E-state index in [1.807, 2.05) is 19.0 Å². The number of hydrogen-bond donors (Lipinski definition) is 3. The number of benzene rings is 2. The van der Waals surface area contributed by atoms with Crippen LogP contribution in [0.15, 0.2) is 56.5 Å². The maximum absolute atomic E-state index is 14.6. The van der Waals surface area contributed by atoms with Gasteiger partial charge in [0, 0.05) is 40.9 Å². The Morgan fingerprint density at radius 1 is 0.673 bits per heavy atom. The third-order valence-corrected chi connectivity index (χ3v) is 15.2. The maximum Gasteiger partial charge on any atom is 0.243 e. The number of hydrogen-bond acceptors (Lipinski definition) is 9. The van der Waals surface area contributed by atoms with E-state index < -0.39 is 20.0 Å². The van der Waals surface area contributed by atoms with E-state index in [-0.39, 0.29) is 55.3 Å². The van der Waals surface area contributed by atoms with E-state index in [0.717, 1.165) is 57.9 Å². The second kappa shape index (κ2) is 15.5. The molecule has 0 atom stereocenters. The summed E-state index contributed by atoms with van der Waals surface area (Å²) in [5.74, 6) is 1.05. The van der Waals surface area contributed by atoms with Crippen molar-refractivity contribution in [2.75, 3.05) is 27.2 Å². The van der Waals surface area contributed by atoms with Gasteiger partial charge in [-0.15, -0.1) is 0 Å². The average Bonchev–Trinajstić information content (AvgIpc) is 3.07. The number of oxime groups is 2. The van der Waals surface area contributed by atoms with Crippen molar-refractivity contribution in [3.63, 3.8) is 0 Å². The van der Waals surface area contributed by atoms with Crippen LogP contribution in [0.5, 0.6) is 0 Å². The normalized spacial score (nSPS) is 24.7. The van der Waals surface area contributed by atoms with Crippen LogP contribution in [0.1, 0.15) is 122 Å². The minimum atomic E-state index is -4.01. The van der Waals surface area contributed by atoms with Crippen molar-refractivity contribution in [3.8, 4) is 0 Å². The van der Waals surface area contributed by atoms with Crippen LogP contribution >= 0.6 is 0 Å². The van der Waals surface area contributed by atoms with Crippen molar-refractivity contribution in [1.29, 1.82) is 0 Å². The van der Waals surface area contributed by atoms with Gasteiger partial charge in [0.25, 0.3) is 0 Å². The third kappa shape index (κ3) is 8.59. The Morgan fingerprint density at radius 3 is 1.62 bits per heavy atom. The molecule has 0 bridgehead atoms. The highest BCUT2D eigenvalue weighted by atomic mass is 32.2. The smallest absolute Gasteiger partial charge is 0.243 e. The SMILES string of the molecule is CN(C)CCCN(C1CCC(C(C)(C)C)CC1)S(=O)(=O)c1ccc2c(c1)/C(=N\O)c1cc(S(=O)(=O)NC3CCC(C(C)(C)C)CC3)ccc1/C2=N/O. The summed E-state index contributed by atoms with van der Waals surface area (Å²) in [5, 5.41) is 27.7. The Kier molecular flexibility index (Phi) is 12.0. The molecule has 52 heavy (non-hydrogen) atoms. The molecule has 3 aliphatic carbocycles. The molecule has 13 heteroatoms. The quantitative estimate of drug-likeness (QED) is 0.151. The lowest BCUT2D eigenvalue weighted by Gasteiger charge is -2.40. The average molecular weight is 758 g/mol. The van der Waals surface area contributed by atoms with E-state index in [1.165, 1.54) is 30.3 Å². The molecule has 5 rings (SSSR count). The fourth-order valence-electron chi connectivity index (χ4n) is 8.46. The molecule has 0 heterocycles. The molecule has 2 aromatic carbocycles. The molecule has 0 aliphatic heterocycles. The Morgan fingerprint density at radius 2 is 1.13 bits per heavy atom. The van der Waals surface area contributed by atoms with Gasteiger partial charge in [-0.1, -0.05) is 64.0 Å². The molecule has 2 aromatic rings. The zero-order valence-electron chi connectivity index (χ0n) is 32.2. The highest BCUT2D eigenvalue weighted by molar-refractivity contribution is 7.89. The Hall–Kier alpha value is -2.84. The van der Waals surface area contributed by atoms with Gasteiger partial charge in [0.1, 0.15) is 11.4 Å². The molecule has 2 saturated carbocycles. The topological polar surface area (TPSA) is 152 Å². The standard InChI is InChI=1S/C39H59N5O6S2/c1-38(2,3)26-10-14-28(15-11-26)42-51(47,48)30-18-20-32-34(24-30)37(41-46)35-25-31(19-21-33(35)36(32)40-45)52(49,50)44(23-9-22-43(7)8)29-16-12-27(13-17-29)39(4,5)6/h18-21,24-29,42,45-46H,9-17,22-23H2,1-8H3/b40-36-,41-37-. The minimum absolute atomic E-state index is 0.00188. The monoisotopic (exact) mass is 757 g/mol. The summed E-state index contributed by atoms with van der Waals surface area (Å²) in [6.07, 6.45) is 7.47. The van der Waals surface area contributed by atoms with Crippen LogP contribution in [0, 0.1) is 22.7 Å². The van der Waals surface area contributed by atoms with Gasteiger partial charge in [-0.05, 0) is 125 Å². The lowest BCUT2D eigenvalue weighted by Crippen LogP contribution is -2.44. The summed E-state index contributed by atoms with van der Waals surface area (Å²) in [6.45, 7) is 14.5. The predicted octanol–water partition coefficient (Wildman–Crippen LogP) is 6.88. The van der Waals surface area contributed by atoms with Crippen LogP contribution in [-0.4, -0.2) is 87.1 Å². The van der Waals surface area contributed by atoms with E-state index in [4.69, 9.17) is 0 Å². The summed E-state index contributed by atoms with van der Waals surface area (Å²) >= 11 is 0. The van der Waals surface area contributed by atoms with Crippen molar-refractivity contribution < 1.29 is 27.3 Å². The molecule has 3 aliphatic rings. The van der Waals surface area contributed by atoms with Gasteiger partial charge in [0.15, 0.2) is 0 Å². The van der Waals surface area contributed by atoms with Crippen LogP contribution in [0.2, 0.25) is 0 Å². The van der Waals surface area contributed by atoms with Crippen LogP contribution < -0.4 is 4.72 Å². The molecule has 11 nitrogen and oxygen atoms in total. The second-order valence-electron chi connectivity index (χ2n) is 17.5. The molecule has 3 N–H and O–H groups in total. The first-order valence-electron chi connectivity index (χ1n) is 18.7. The number of sulfonamides is 2. The van der Waals surface area contributed by atoms with Crippen molar-refractivity contribution in [2.24, 2.45) is 33.0 Å². The van der Waals surface area contributed by atoms with Crippen molar-refractivity contribution in [3.05, 3.63) is 58.7 Å². The summed E-state index contributed by atoms with van der Waals surface area (Å²) in [6, 6.07) is 8.59. The number of nitrogens with zero attached hydrogens (tertiary/aromatic N) is 4. The summed E-state index contributed by atoms with van der Waals surface area (Å²) < 4.78 is 61.0. The van der Waals surface area contributed by atoms with E-state index in [0.29, 0.717) is 35.9 Å². The van der Waals surface area contributed by atoms with Crippen LogP contribution in [-0.2, 0) is 20.0 Å². The van der Waals surface area contributed by atoms with Crippen LogP contribution in [0.3, 0.4) is 0 Å². The van der Waals surface area contributed by atoms with Gasteiger partial charge in [-0.2, -0.15) is 4.31 Å². The molecule has 0 unspecified atom stereocenters. The largest absolute Gasteiger partial charge is 0.410 e. The van der Waals surface area contributed by atoms with Gasteiger partial charge in [-0.25, -0.2) is 21.6 Å². The molecule has 0 amide bonds. The van der Waals surface area contributed by atoms with Gasteiger partial charge in [0.05, 0.1) is 9.79 Å². The fourth-order valence-corrected chi connectivity index (χ4v) is 11.5. The fraction of sp³-hybridized carbons (Fsp3) is 0.641. The first-order valence-corrected chi connectivity index (χ1v) is 21.6. The number of fused-ring (bicyclic) bond motifs is 2. The number of rotatable bonds is 10. The minimum Gasteiger partial charge on any atom is -0.410 e. The molecular weight excluding hydrogens is 699 g/mol. The zero-order chi connectivity index (χ0) is 38.2. The van der Waals surface area contributed by atoms with Gasteiger partial charge in [0.2, 0.25) is 20.0 Å². The highest BCUT2D eigenvalue weighted by Gasteiger charge is 2.39. The second-order valence-corrected chi connectivity index (χ2v) is 21.1. The molecular formula is C39H59N5O6S2. The molecule has 0 spiro atoms. The molecule has 0 aromatic heterocycles. The lowest BCUT2D eigenvalue weighted by atomic mass is 9.71. The van der Waals surface area contributed by atoms with E-state index in [9.17, 15) is 27.3 Å². The third-order valence-electron chi connectivity index (χ3n) is 11.7. The highest BCUT2D eigenvalue weighted by Crippen LogP contribution is 2.41. The van der Waals surface area contributed by atoms with Crippen molar-refractivity contribution in [1.82, 2.24) is 13.9 Å². The predicted molar refractivity (Wildman–Crippen MR) is 206 cm³/mol. The summed E-state index contributed by atoms with van der Waals surface area (Å²) in [7, 11) is -4.03. The summed E-state index contributed by atoms with van der Waals surface area (Å²) in [5.41, 5.74) is 1.64. The Bertz CT molecular complexity index is 1880. The Balaban J connectivity index is 1.46. The van der Waals surface area contributed by atoms with Gasteiger partial charge < -0.3 is 15.3 Å². The first-order chi connectivity index (χ1) is 24.3. The molecule has 2 fully saturated rings. The summed E-state index contributed by atoms with van der Waals surface area (Å²) in [4.78, 5) is 2.05.